The van der Waals surface area contributed by atoms with E-state index in [0.717, 1.165) is 0 Å². The molecular weight excluding hydrogens is 208 g/mol. The van der Waals surface area contributed by atoms with Gasteiger partial charge in [0.2, 0.25) is 5.88 Å². The smallest absolute Gasteiger partial charge is 0.340 e. The van der Waals surface area contributed by atoms with E-state index in [2.05, 4.69) is 9.72 Å². The molecule has 0 amide bonds. The van der Waals surface area contributed by atoms with Crippen LogP contribution in [0.1, 0.15) is 24.2 Å². The highest BCUT2D eigenvalue weighted by atomic mass is 16.5. The highest BCUT2D eigenvalue weighted by Crippen LogP contribution is 2.17. The van der Waals surface area contributed by atoms with Gasteiger partial charge >= 0.3 is 5.97 Å². The number of pyridine rings is 1. The molecule has 1 aromatic rings. The summed E-state index contributed by atoms with van der Waals surface area (Å²) >= 11 is 0. The molecule has 0 saturated heterocycles. The zero-order chi connectivity index (χ0) is 12.1. The van der Waals surface area contributed by atoms with Gasteiger partial charge in [-0.3, -0.25) is 0 Å². The van der Waals surface area contributed by atoms with Crippen LogP contribution in [-0.4, -0.2) is 24.7 Å². The molecule has 0 aromatic carbocycles. The quantitative estimate of drug-likeness (QED) is 0.784. The van der Waals surface area contributed by atoms with Gasteiger partial charge in [0.05, 0.1) is 31.2 Å². The summed E-state index contributed by atoms with van der Waals surface area (Å²) in [6.07, 6.45) is 1.39. The Morgan fingerprint density at radius 2 is 2.25 bits per heavy atom. The molecule has 88 valence electrons. The monoisotopic (exact) mass is 224 g/mol. The summed E-state index contributed by atoms with van der Waals surface area (Å²) in [7, 11) is 1.30. The summed E-state index contributed by atoms with van der Waals surface area (Å²) in [5.74, 6) is 0.276. The molecule has 0 aliphatic rings. The second-order valence-corrected chi connectivity index (χ2v) is 3.81. The van der Waals surface area contributed by atoms with E-state index in [1.807, 2.05) is 13.8 Å². The lowest BCUT2D eigenvalue weighted by Gasteiger charge is -2.09. The van der Waals surface area contributed by atoms with Crippen molar-refractivity contribution < 1.29 is 14.3 Å². The maximum absolute atomic E-state index is 11.3. The maximum Gasteiger partial charge on any atom is 0.340 e. The van der Waals surface area contributed by atoms with Gasteiger partial charge in [-0.1, -0.05) is 13.8 Å². The summed E-state index contributed by atoms with van der Waals surface area (Å²) in [5, 5.41) is 0. The van der Waals surface area contributed by atoms with Crippen LogP contribution in [0.4, 0.5) is 5.69 Å². The van der Waals surface area contributed by atoms with Gasteiger partial charge in [-0.15, -0.1) is 0 Å². The Hall–Kier alpha value is -1.78. The van der Waals surface area contributed by atoms with Gasteiger partial charge in [0.25, 0.3) is 0 Å². The maximum atomic E-state index is 11.3. The highest BCUT2D eigenvalue weighted by molar-refractivity contribution is 5.95. The predicted molar refractivity (Wildman–Crippen MR) is 60.3 cm³/mol. The molecule has 5 nitrogen and oxygen atoms in total. The minimum atomic E-state index is -0.491. The first-order valence-corrected chi connectivity index (χ1v) is 5.01. The Bertz CT molecular complexity index is 377. The molecule has 0 aliphatic heterocycles. The molecule has 1 rings (SSSR count). The third kappa shape index (κ3) is 3.12. The summed E-state index contributed by atoms with van der Waals surface area (Å²) in [6.45, 7) is 4.59. The Labute approximate surface area is 94.6 Å². The summed E-state index contributed by atoms with van der Waals surface area (Å²) < 4.78 is 9.98. The summed E-state index contributed by atoms with van der Waals surface area (Å²) in [6, 6.07) is 1.49. The number of methoxy groups -OCH3 is 1. The van der Waals surface area contributed by atoms with Crippen molar-refractivity contribution in [2.24, 2.45) is 5.92 Å². The van der Waals surface area contributed by atoms with Gasteiger partial charge in [0.15, 0.2) is 0 Å². The van der Waals surface area contributed by atoms with Crippen molar-refractivity contribution >= 4 is 11.7 Å². The fraction of sp³-hybridized carbons (Fsp3) is 0.455. The van der Waals surface area contributed by atoms with Crippen LogP contribution in [0.15, 0.2) is 12.3 Å². The van der Waals surface area contributed by atoms with Crippen LogP contribution in [0, 0.1) is 5.92 Å². The fourth-order valence-corrected chi connectivity index (χ4v) is 1.06. The Balaban J connectivity index is 2.85. The molecule has 0 aliphatic carbocycles. The molecule has 0 saturated carbocycles. The molecule has 0 radical (unpaired) electrons. The van der Waals surface area contributed by atoms with E-state index in [1.165, 1.54) is 19.4 Å². The third-order valence-electron chi connectivity index (χ3n) is 1.88. The van der Waals surface area contributed by atoms with E-state index in [1.54, 1.807) is 0 Å². The van der Waals surface area contributed by atoms with Crippen molar-refractivity contribution in [1.82, 2.24) is 4.98 Å². The van der Waals surface area contributed by atoms with Crippen molar-refractivity contribution in [1.29, 1.82) is 0 Å². The number of nitrogens with two attached hydrogens (primary N) is 1. The first kappa shape index (κ1) is 12.3. The lowest BCUT2D eigenvalue weighted by atomic mass is 10.2. The number of ether oxygens (including phenoxy) is 2. The second-order valence-electron chi connectivity index (χ2n) is 3.81. The largest absolute Gasteiger partial charge is 0.477 e. The zero-order valence-corrected chi connectivity index (χ0v) is 9.69. The average molecular weight is 224 g/mol. The van der Waals surface area contributed by atoms with E-state index in [4.69, 9.17) is 10.5 Å². The van der Waals surface area contributed by atoms with Gasteiger partial charge < -0.3 is 15.2 Å². The second kappa shape index (κ2) is 5.34. The lowest BCUT2D eigenvalue weighted by Crippen LogP contribution is -2.09. The summed E-state index contributed by atoms with van der Waals surface area (Å²) in [4.78, 5) is 15.3. The molecular formula is C11H16N2O3. The van der Waals surface area contributed by atoms with Crippen LogP contribution < -0.4 is 10.5 Å². The van der Waals surface area contributed by atoms with Crippen molar-refractivity contribution in [2.45, 2.75) is 13.8 Å². The fourth-order valence-electron chi connectivity index (χ4n) is 1.06. The number of nitrogen functional groups attached to an aromatic ring is 1. The number of carbonyl (C=O) groups excluding carboxylic acids is 1. The minimum absolute atomic E-state index is 0.274. The van der Waals surface area contributed by atoms with E-state index in [0.29, 0.717) is 18.4 Å². The normalized spacial score (nSPS) is 10.2. The van der Waals surface area contributed by atoms with Crippen molar-refractivity contribution in [3.8, 4) is 5.88 Å². The molecule has 0 unspecified atom stereocenters. The van der Waals surface area contributed by atoms with Crippen molar-refractivity contribution in [3.05, 3.63) is 17.8 Å². The van der Waals surface area contributed by atoms with Gasteiger partial charge in [-0.25, -0.2) is 9.78 Å². The van der Waals surface area contributed by atoms with Crippen LogP contribution in [0.5, 0.6) is 5.88 Å². The van der Waals surface area contributed by atoms with Crippen molar-refractivity contribution in [3.63, 3.8) is 0 Å². The molecule has 0 atom stereocenters. The van der Waals surface area contributed by atoms with E-state index in [-0.39, 0.29) is 11.3 Å². The molecule has 0 bridgehead atoms. The Kier molecular flexibility index (Phi) is 4.10. The number of nitrogens with zero attached hydrogens (tertiary/aromatic N) is 1. The van der Waals surface area contributed by atoms with E-state index in [9.17, 15) is 4.79 Å². The van der Waals surface area contributed by atoms with Crippen LogP contribution in [0.3, 0.4) is 0 Å². The minimum Gasteiger partial charge on any atom is -0.477 e. The molecule has 2 N–H and O–H groups in total. The van der Waals surface area contributed by atoms with Crippen LogP contribution in [0.25, 0.3) is 0 Å². The van der Waals surface area contributed by atoms with E-state index < -0.39 is 5.97 Å². The topological polar surface area (TPSA) is 74.4 Å². The first-order valence-electron chi connectivity index (χ1n) is 5.01. The molecule has 0 fully saturated rings. The van der Waals surface area contributed by atoms with Gasteiger partial charge in [-0.05, 0) is 5.92 Å². The number of rotatable bonds is 4. The first-order chi connectivity index (χ1) is 7.54. The third-order valence-corrected chi connectivity index (χ3v) is 1.88. The lowest BCUT2D eigenvalue weighted by molar-refractivity contribution is 0.0601. The van der Waals surface area contributed by atoms with Crippen LogP contribution in [0.2, 0.25) is 0 Å². The molecule has 1 heterocycles. The number of esters is 1. The number of hydrogen-bond donors (Lipinski definition) is 1. The molecule has 16 heavy (non-hydrogen) atoms. The number of carbonyl (C=O) groups is 1. The Morgan fingerprint density at radius 3 is 2.81 bits per heavy atom. The van der Waals surface area contributed by atoms with Gasteiger partial charge in [0, 0.05) is 6.07 Å². The zero-order valence-electron chi connectivity index (χ0n) is 9.69. The highest BCUT2D eigenvalue weighted by Gasteiger charge is 2.12. The molecule has 5 heteroatoms. The summed E-state index contributed by atoms with van der Waals surface area (Å²) in [5.41, 5.74) is 6.16. The number of aromatic nitrogens is 1. The average Bonchev–Trinajstić information content (AvgIpc) is 2.27. The van der Waals surface area contributed by atoms with Crippen molar-refractivity contribution in [2.75, 3.05) is 19.5 Å². The van der Waals surface area contributed by atoms with E-state index >= 15 is 0 Å². The van der Waals surface area contributed by atoms with Gasteiger partial charge in [-0.2, -0.15) is 0 Å². The standard InChI is InChI=1S/C11H16N2O3/c1-7(2)6-16-10-4-8(11(14)15-3)9(12)5-13-10/h4-5,7H,6,12H2,1-3H3. The predicted octanol–water partition coefficient (Wildman–Crippen LogP) is 1.49. The SMILES string of the molecule is COC(=O)c1cc(OCC(C)C)ncc1N. The molecule has 0 spiro atoms. The molecule has 1 aromatic heterocycles. The van der Waals surface area contributed by atoms with Gasteiger partial charge in [0.1, 0.15) is 0 Å². The number of anilines is 1. The Morgan fingerprint density at radius 1 is 1.56 bits per heavy atom. The van der Waals surface area contributed by atoms with Crippen LogP contribution in [-0.2, 0) is 4.74 Å². The van der Waals surface area contributed by atoms with Crippen LogP contribution >= 0.6 is 0 Å². The number of hydrogen-bond acceptors (Lipinski definition) is 5.